The highest BCUT2D eigenvalue weighted by Gasteiger charge is 2.13. The van der Waals surface area contributed by atoms with Crippen molar-refractivity contribution in [1.29, 1.82) is 0 Å². The Morgan fingerprint density at radius 1 is 1.44 bits per heavy atom. The molecule has 1 aromatic heterocycles. The van der Waals surface area contributed by atoms with Crippen LogP contribution >= 0.6 is 0 Å². The lowest BCUT2D eigenvalue weighted by Gasteiger charge is -2.13. The Bertz CT molecular complexity index is 799. The third-order valence-corrected chi connectivity index (χ3v) is 4.00. The maximum atomic E-state index is 11.6. The van der Waals surface area contributed by atoms with Crippen molar-refractivity contribution in [1.82, 2.24) is 9.97 Å². The lowest BCUT2D eigenvalue weighted by molar-refractivity contribution is 0.100. The van der Waals surface area contributed by atoms with Gasteiger partial charge in [0.15, 0.2) is 0 Å². The Morgan fingerprint density at radius 2 is 2.33 bits per heavy atom. The Labute approximate surface area is 157 Å². The fourth-order valence-corrected chi connectivity index (χ4v) is 2.66. The quantitative estimate of drug-likeness (QED) is 0.519. The van der Waals surface area contributed by atoms with Crippen LogP contribution in [0.3, 0.4) is 0 Å². The van der Waals surface area contributed by atoms with E-state index in [1.54, 1.807) is 7.11 Å². The molecule has 0 atom stereocenters. The van der Waals surface area contributed by atoms with E-state index in [-0.39, 0.29) is 5.56 Å². The Balaban J connectivity index is 1.76. The highest BCUT2D eigenvalue weighted by molar-refractivity contribution is 5.97. The Kier molecular flexibility index (Phi) is 6.26. The van der Waals surface area contributed by atoms with Crippen LogP contribution in [0.15, 0.2) is 24.4 Å². The summed E-state index contributed by atoms with van der Waals surface area (Å²) < 4.78 is 10.7. The molecule has 0 aliphatic carbocycles. The molecule has 0 unspecified atom stereocenters. The van der Waals surface area contributed by atoms with Crippen LogP contribution in [0.2, 0.25) is 0 Å². The van der Waals surface area contributed by atoms with Gasteiger partial charge in [0.25, 0.3) is 5.91 Å². The van der Waals surface area contributed by atoms with Crippen LogP contribution in [-0.2, 0) is 4.74 Å². The monoisotopic (exact) mass is 372 g/mol. The van der Waals surface area contributed by atoms with Gasteiger partial charge in [0.1, 0.15) is 11.6 Å². The summed E-state index contributed by atoms with van der Waals surface area (Å²) >= 11 is 0. The smallest absolute Gasteiger partial charge is 0.254 e. The third-order valence-electron chi connectivity index (χ3n) is 4.00. The van der Waals surface area contributed by atoms with Crippen LogP contribution in [0, 0.1) is 0 Å². The number of methoxy groups -OCH3 is 1. The minimum atomic E-state index is -0.581. The van der Waals surface area contributed by atoms with Crippen LogP contribution in [0.1, 0.15) is 23.2 Å². The number of amides is 1. The van der Waals surface area contributed by atoms with E-state index in [1.807, 2.05) is 18.2 Å². The molecule has 2 aromatic rings. The van der Waals surface area contributed by atoms with Crippen LogP contribution in [-0.4, -0.2) is 49.3 Å². The topological polar surface area (TPSA) is 123 Å². The molecule has 1 amide bonds. The molecule has 27 heavy (non-hydrogen) atoms. The molecule has 2 heterocycles. The van der Waals surface area contributed by atoms with Crippen molar-refractivity contribution in [3.8, 4) is 5.75 Å². The van der Waals surface area contributed by atoms with Gasteiger partial charge in [0.2, 0.25) is 5.95 Å². The lowest BCUT2D eigenvalue weighted by atomic mass is 10.2. The van der Waals surface area contributed by atoms with E-state index in [2.05, 4.69) is 25.9 Å². The number of anilines is 4. The zero-order chi connectivity index (χ0) is 19.1. The number of nitrogens with two attached hydrogens (primary N) is 1. The highest BCUT2D eigenvalue weighted by atomic mass is 16.5. The first kappa shape index (κ1) is 18.7. The van der Waals surface area contributed by atoms with Gasteiger partial charge in [-0.15, -0.1) is 0 Å². The molecule has 144 valence electrons. The number of nitrogens with zero attached hydrogens (tertiary/aromatic N) is 2. The second-order valence-electron chi connectivity index (χ2n) is 6.06. The van der Waals surface area contributed by atoms with Gasteiger partial charge in [0, 0.05) is 38.7 Å². The number of benzene rings is 1. The second-order valence-corrected chi connectivity index (χ2v) is 6.06. The van der Waals surface area contributed by atoms with Crippen molar-refractivity contribution < 1.29 is 14.3 Å². The summed E-state index contributed by atoms with van der Waals surface area (Å²) in [6.45, 7) is 2.77. The van der Waals surface area contributed by atoms with E-state index >= 15 is 0 Å². The number of hydrogen-bond donors (Lipinski definition) is 4. The summed E-state index contributed by atoms with van der Waals surface area (Å²) in [5, 5.41) is 9.59. The van der Waals surface area contributed by atoms with Gasteiger partial charge in [-0.2, -0.15) is 4.98 Å². The molecule has 5 N–H and O–H groups in total. The molecule has 9 nitrogen and oxygen atoms in total. The number of aromatic nitrogens is 2. The summed E-state index contributed by atoms with van der Waals surface area (Å²) in [6, 6.07) is 5.73. The van der Waals surface area contributed by atoms with E-state index in [0.29, 0.717) is 31.5 Å². The van der Waals surface area contributed by atoms with E-state index in [0.717, 1.165) is 36.5 Å². The van der Waals surface area contributed by atoms with E-state index < -0.39 is 5.91 Å². The van der Waals surface area contributed by atoms with Crippen molar-refractivity contribution in [2.45, 2.75) is 12.8 Å². The molecule has 1 aliphatic rings. The van der Waals surface area contributed by atoms with Crippen molar-refractivity contribution in [3.05, 3.63) is 30.0 Å². The largest absolute Gasteiger partial charge is 0.491 e. The van der Waals surface area contributed by atoms with Crippen molar-refractivity contribution in [3.63, 3.8) is 0 Å². The molecule has 0 radical (unpaired) electrons. The van der Waals surface area contributed by atoms with E-state index in [9.17, 15) is 4.79 Å². The van der Waals surface area contributed by atoms with Gasteiger partial charge in [-0.1, -0.05) is 0 Å². The molecule has 0 bridgehead atoms. The van der Waals surface area contributed by atoms with Crippen molar-refractivity contribution in [2.75, 3.05) is 49.4 Å². The molecule has 9 heteroatoms. The van der Waals surface area contributed by atoms with Crippen LogP contribution in [0.5, 0.6) is 5.75 Å². The summed E-state index contributed by atoms with van der Waals surface area (Å²) in [5.74, 6) is 1.00. The van der Waals surface area contributed by atoms with E-state index in [4.69, 9.17) is 15.2 Å². The van der Waals surface area contributed by atoms with Crippen LogP contribution < -0.4 is 26.4 Å². The second kappa shape index (κ2) is 9.04. The van der Waals surface area contributed by atoms with Gasteiger partial charge >= 0.3 is 0 Å². The molecule has 0 fully saturated rings. The summed E-state index contributed by atoms with van der Waals surface area (Å²) in [7, 11) is 1.64. The number of primary amides is 1. The molecule has 0 saturated carbocycles. The van der Waals surface area contributed by atoms with Crippen molar-refractivity contribution >= 4 is 29.0 Å². The van der Waals surface area contributed by atoms with Crippen LogP contribution in [0.4, 0.5) is 23.1 Å². The fraction of sp³-hybridized carbons (Fsp3) is 0.389. The first-order valence-corrected chi connectivity index (χ1v) is 8.85. The van der Waals surface area contributed by atoms with E-state index in [1.165, 1.54) is 6.20 Å². The Morgan fingerprint density at radius 3 is 3.15 bits per heavy atom. The summed E-state index contributed by atoms with van der Waals surface area (Å²) in [5.41, 5.74) is 7.39. The molecule has 3 rings (SSSR count). The first-order valence-electron chi connectivity index (χ1n) is 8.85. The average molecular weight is 372 g/mol. The predicted octanol–water partition coefficient (Wildman–Crippen LogP) is 1.96. The zero-order valence-corrected chi connectivity index (χ0v) is 15.2. The normalized spacial score (nSPS) is 12.9. The third kappa shape index (κ3) is 4.98. The van der Waals surface area contributed by atoms with Gasteiger partial charge in [-0.05, 0) is 31.0 Å². The van der Waals surface area contributed by atoms with Gasteiger partial charge < -0.3 is 31.2 Å². The summed E-state index contributed by atoms with van der Waals surface area (Å²) in [6.07, 6.45) is 3.15. The highest BCUT2D eigenvalue weighted by Crippen LogP contribution is 2.30. The van der Waals surface area contributed by atoms with Gasteiger partial charge in [-0.25, -0.2) is 4.98 Å². The fourth-order valence-electron chi connectivity index (χ4n) is 2.66. The standard InChI is InChI=1S/C18H24N6O3/c1-26-8-2-7-21-17-13(16(19)25)11-22-18(24-17)23-12-4-5-15-14(10-12)20-6-3-9-27-15/h4-5,10-11,20H,2-3,6-9H2,1H3,(H2,19,25)(H2,21,22,23,24). The maximum absolute atomic E-state index is 11.6. The average Bonchev–Trinajstić information content (AvgIpc) is 2.90. The molecular weight excluding hydrogens is 348 g/mol. The molecule has 0 saturated heterocycles. The molecule has 1 aliphatic heterocycles. The number of hydrogen-bond acceptors (Lipinski definition) is 8. The van der Waals surface area contributed by atoms with Gasteiger partial charge in [-0.3, -0.25) is 4.79 Å². The predicted molar refractivity (Wildman–Crippen MR) is 104 cm³/mol. The zero-order valence-electron chi connectivity index (χ0n) is 15.2. The first-order chi connectivity index (χ1) is 13.2. The number of carbonyl (C=O) groups excluding carboxylic acids is 1. The maximum Gasteiger partial charge on any atom is 0.254 e. The SMILES string of the molecule is COCCCNc1nc(Nc2ccc3c(c2)NCCCO3)ncc1C(N)=O. The van der Waals surface area contributed by atoms with Gasteiger partial charge in [0.05, 0.1) is 17.9 Å². The minimum absolute atomic E-state index is 0.245. The molecule has 0 spiro atoms. The Hall–Kier alpha value is -3.07. The van der Waals surface area contributed by atoms with Crippen molar-refractivity contribution in [2.24, 2.45) is 5.73 Å². The number of rotatable bonds is 8. The summed E-state index contributed by atoms with van der Waals surface area (Å²) in [4.78, 5) is 20.2. The molecular formula is C18H24N6O3. The number of nitrogens with one attached hydrogen (secondary N) is 3. The number of ether oxygens (including phenoxy) is 2. The number of fused-ring (bicyclic) bond motifs is 1. The number of carbonyl (C=O) groups is 1. The lowest BCUT2D eigenvalue weighted by Crippen LogP contribution is -2.18. The van der Waals surface area contributed by atoms with Crippen LogP contribution in [0.25, 0.3) is 0 Å². The molecule has 1 aromatic carbocycles. The minimum Gasteiger partial charge on any atom is -0.491 e.